The second-order valence-electron chi connectivity index (χ2n) is 12.5. The van der Waals surface area contributed by atoms with Crippen LogP contribution in [0.25, 0.3) is 0 Å². The maximum atomic E-state index is 13.9. The lowest BCUT2D eigenvalue weighted by molar-refractivity contribution is -0.192. The number of carboxylic acid groups (broad SMARTS) is 1. The van der Waals surface area contributed by atoms with Crippen LogP contribution in [-0.2, 0) is 35.3 Å². The van der Waals surface area contributed by atoms with Gasteiger partial charge >= 0.3 is 18.2 Å². The van der Waals surface area contributed by atoms with E-state index >= 15 is 0 Å². The summed E-state index contributed by atoms with van der Waals surface area (Å²) in [5, 5.41) is 15.0. The monoisotopic (exact) mass is 790 g/mol. The number of alkyl halides is 4. The highest BCUT2D eigenvalue weighted by molar-refractivity contribution is 5.96. The predicted molar refractivity (Wildman–Crippen MR) is 191 cm³/mol. The van der Waals surface area contributed by atoms with Crippen LogP contribution < -0.4 is 38.9 Å². The molecule has 1 aromatic rings. The molecular weight excluding hydrogens is 740 g/mol. The Bertz CT molecular complexity index is 1490. The minimum Gasteiger partial charge on any atom is -0.475 e. The summed E-state index contributed by atoms with van der Waals surface area (Å²) in [6, 6.07) is 4.77. The quantitative estimate of drug-likeness (QED) is 0.0403. The number of nitrogens with two attached hydrogens (primary N) is 4. The van der Waals surface area contributed by atoms with Gasteiger partial charge in [0, 0.05) is 19.6 Å². The van der Waals surface area contributed by atoms with Crippen molar-refractivity contribution >= 4 is 47.5 Å². The van der Waals surface area contributed by atoms with Crippen LogP contribution in [0.3, 0.4) is 0 Å². The Balaban J connectivity index is 0.00000196. The summed E-state index contributed by atoms with van der Waals surface area (Å²) in [5.41, 5.74) is 22.3. The molecule has 4 atom stereocenters. The number of rotatable bonds is 19. The number of hydrogen-bond donors (Lipinski definition) is 8. The molecule has 1 fully saturated rings. The van der Waals surface area contributed by atoms with Gasteiger partial charge in [-0.25, -0.2) is 14.0 Å². The number of amides is 4. The first-order valence-corrected chi connectivity index (χ1v) is 17.2. The highest BCUT2D eigenvalue weighted by Gasteiger charge is 2.40. The second kappa shape index (κ2) is 23.9. The van der Waals surface area contributed by atoms with Gasteiger partial charge in [0.15, 0.2) is 17.7 Å². The lowest BCUT2D eigenvalue weighted by atomic mass is 10.0. The molecule has 12 N–H and O–H groups in total. The fourth-order valence-corrected chi connectivity index (χ4v) is 5.13. The van der Waals surface area contributed by atoms with Gasteiger partial charge in [0.2, 0.25) is 17.7 Å². The van der Waals surface area contributed by atoms with Crippen molar-refractivity contribution < 1.29 is 56.2 Å². The molecule has 308 valence electrons. The molecule has 0 aliphatic carbocycles. The van der Waals surface area contributed by atoms with Gasteiger partial charge < -0.3 is 53.6 Å². The zero-order chi connectivity index (χ0) is 41.7. The summed E-state index contributed by atoms with van der Waals surface area (Å²) in [4.78, 5) is 83.6. The van der Waals surface area contributed by atoms with E-state index in [0.29, 0.717) is 25.7 Å². The third-order valence-corrected chi connectivity index (χ3v) is 7.86. The zero-order valence-corrected chi connectivity index (χ0v) is 30.5. The number of guanidine groups is 2. The topological polar surface area (TPSA) is 300 Å². The van der Waals surface area contributed by atoms with E-state index in [2.05, 4.69) is 25.9 Å². The third-order valence-electron chi connectivity index (χ3n) is 7.86. The van der Waals surface area contributed by atoms with Crippen LogP contribution in [0.15, 0.2) is 40.3 Å². The predicted octanol–water partition coefficient (Wildman–Crippen LogP) is 0.177. The molecule has 1 saturated heterocycles. The molecule has 0 aromatic heterocycles. The normalized spacial score (nSPS) is 15.3. The number of ketones is 1. The molecule has 1 aromatic carbocycles. The number of carbonyl (C=O) groups is 6. The van der Waals surface area contributed by atoms with Crippen molar-refractivity contribution in [3.63, 3.8) is 0 Å². The Morgan fingerprint density at radius 1 is 0.909 bits per heavy atom. The van der Waals surface area contributed by atoms with E-state index in [1.54, 1.807) is 38.1 Å². The molecule has 0 spiro atoms. The van der Waals surface area contributed by atoms with Crippen LogP contribution in [0.5, 0.6) is 0 Å². The molecule has 18 nitrogen and oxygen atoms in total. The average molecular weight is 791 g/mol. The molecule has 0 radical (unpaired) electrons. The Kier molecular flexibility index (Phi) is 20.5. The Morgan fingerprint density at radius 3 is 1.95 bits per heavy atom. The van der Waals surface area contributed by atoms with E-state index in [1.807, 2.05) is 6.07 Å². The second-order valence-corrected chi connectivity index (χ2v) is 12.5. The van der Waals surface area contributed by atoms with Crippen LogP contribution in [0.2, 0.25) is 0 Å². The van der Waals surface area contributed by atoms with Crippen LogP contribution in [0, 0.1) is 5.92 Å². The molecule has 1 heterocycles. The summed E-state index contributed by atoms with van der Waals surface area (Å²) >= 11 is 0. The molecule has 0 unspecified atom stereocenters. The number of alkyl carbamates (subject to hydrolysis) is 1. The highest BCUT2D eigenvalue weighted by atomic mass is 19.4. The number of halogens is 4. The van der Waals surface area contributed by atoms with Crippen molar-refractivity contribution in [1.29, 1.82) is 0 Å². The zero-order valence-electron chi connectivity index (χ0n) is 30.5. The number of benzene rings is 1. The molecule has 4 amide bonds. The number of aliphatic imine (C=N–C) groups is 2. The number of Topliss-reactive ketones (excluding diaryl/α,β-unsaturated/α-hetero) is 1. The summed E-state index contributed by atoms with van der Waals surface area (Å²) in [6.07, 6.45) is -4.31. The average Bonchev–Trinajstić information content (AvgIpc) is 3.62. The minimum atomic E-state index is -5.08. The van der Waals surface area contributed by atoms with Gasteiger partial charge in [-0.1, -0.05) is 44.2 Å². The number of hydrogen-bond acceptors (Lipinski definition) is 9. The molecule has 1 aliphatic rings. The molecule has 2 rings (SSSR count). The summed E-state index contributed by atoms with van der Waals surface area (Å²) < 4.78 is 50.3. The number of likely N-dealkylation sites (tertiary alicyclic amines) is 1. The Labute approximate surface area is 314 Å². The van der Waals surface area contributed by atoms with Crippen molar-refractivity contribution in [2.24, 2.45) is 38.8 Å². The van der Waals surface area contributed by atoms with E-state index in [9.17, 15) is 41.5 Å². The van der Waals surface area contributed by atoms with Gasteiger partial charge in [-0.2, -0.15) is 13.2 Å². The fraction of sp³-hybridized carbons (Fsp3) is 0.576. The van der Waals surface area contributed by atoms with E-state index < -0.39 is 72.6 Å². The molecule has 0 bridgehead atoms. The van der Waals surface area contributed by atoms with Crippen LogP contribution in [0.1, 0.15) is 57.9 Å². The van der Waals surface area contributed by atoms with Gasteiger partial charge in [-0.15, -0.1) is 0 Å². The first kappa shape index (κ1) is 47.3. The van der Waals surface area contributed by atoms with Crippen molar-refractivity contribution in [2.75, 3.05) is 26.3 Å². The van der Waals surface area contributed by atoms with Crippen LogP contribution >= 0.6 is 0 Å². The number of carbonyl (C=O) groups excluding carboxylic acids is 5. The van der Waals surface area contributed by atoms with Crippen LogP contribution in [0.4, 0.5) is 22.4 Å². The van der Waals surface area contributed by atoms with E-state index in [1.165, 1.54) is 4.90 Å². The smallest absolute Gasteiger partial charge is 0.475 e. The number of carboxylic acids is 1. The van der Waals surface area contributed by atoms with Crippen molar-refractivity contribution in [3.8, 4) is 0 Å². The van der Waals surface area contributed by atoms with Gasteiger partial charge in [-0.3, -0.25) is 29.2 Å². The summed E-state index contributed by atoms with van der Waals surface area (Å²) in [7, 11) is 0. The molecule has 0 saturated carbocycles. The standard InChI is InChI=1S/C31H49FN10O6.C2HF3O2/c1-19(2)25(41-31(47)48-18-20-9-4-3-5-10-20)27(45)40-22(12-7-15-38-30(35)36)28(46)42-16-8-13-23(42)26(44)39-21(24(43)17-32)11-6-14-37-29(33)34;3-2(4,5)1(6)7/h3-5,9-10,19,21-23,25H,6-8,11-18H2,1-2H3,(H,39,44)(H,40,45)(H,41,47)(H4,33,34,37)(H4,35,36,38);(H,6,7)/t21-,22-,23-,25-;/m0./s1. The van der Waals surface area contributed by atoms with Crippen molar-refractivity contribution in [1.82, 2.24) is 20.9 Å². The molecule has 55 heavy (non-hydrogen) atoms. The van der Waals surface area contributed by atoms with Crippen molar-refractivity contribution in [3.05, 3.63) is 35.9 Å². The maximum absolute atomic E-state index is 13.9. The fourth-order valence-electron chi connectivity index (χ4n) is 5.13. The van der Waals surface area contributed by atoms with Gasteiger partial charge in [0.25, 0.3) is 0 Å². The maximum Gasteiger partial charge on any atom is 0.490 e. The Hall–Kier alpha value is -5.70. The van der Waals surface area contributed by atoms with Crippen LogP contribution in [-0.4, -0.2) is 114 Å². The molecular formula is C33H50F4N10O8. The van der Waals surface area contributed by atoms with Gasteiger partial charge in [0.1, 0.15) is 31.4 Å². The van der Waals surface area contributed by atoms with E-state index in [4.69, 9.17) is 37.6 Å². The number of aliphatic carboxylic acids is 1. The van der Waals surface area contributed by atoms with E-state index in [-0.39, 0.29) is 56.9 Å². The molecule has 22 heteroatoms. The first-order chi connectivity index (χ1) is 25.8. The van der Waals surface area contributed by atoms with E-state index in [0.717, 1.165) is 5.56 Å². The SMILES string of the molecule is CC(C)[C@H](NC(=O)OCc1ccccc1)C(=O)N[C@@H](CCCN=C(N)N)C(=O)N1CCC[C@H]1C(=O)N[C@@H](CCCN=C(N)N)C(=O)CF.O=C(O)C(F)(F)F. The number of ether oxygens (including phenoxy) is 1. The molecule has 1 aliphatic heterocycles. The van der Waals surface area contributed by atoms with Gasteiger partial charge in [0.05, 0.1) is 6.04 Å². The lowest BCUT2D eigenvalue weighted by Crippen LogP contribution is -2.58. The Morgan fingerprint density at radius 2 is 1.45 bits per heavy atom. The summed E-state index contributed by atoms with van der Waals surface area (Å²) in [6.45, 7) is 2.74. The number of nitrogens with one attached hydrogen (secondary N) is 3. The largest absolute Gasteiger partial charge is 0.490 e. The van der Waals surface area contributed by atoms with Gasteiger partial charge in [-0.05, 0) is 50.0 Å². The number of nitrogens with zero attached hydrogens (tertiary/aromatic N) is 3. The minimum absolute atomic E-state index is 0.00251. The highest BCUT2D eigenvalue weighted by Crippen LogP contribution is 2.21. The lowest BCUT2D eigenvalue weighted by Gasteiger charge is -2.31. The first-order valence-electron chi connectivity index (χ1n) is 17.2. The van der Waals surface area contributed by atoms with Crippen molar-refractivity contribution in [2.45, 2.75) is 89.3 Å². The third kappa shape index (κ3) is 18.3. The summed E-state index contributed by atoms with van der Waals surface area (Å²) in [5.74, 6) is -6.01.